The van der Waals surface area contributed by atoms with Crippen molar-refractivity contribution in [2.45, 2.75) is 52.4 Å². The Morgan fingerprint density at radius 3 is 2.56 bits per heavy atom. The van der Waals surface area contributed by atoms with Crippen LogP contribution in [0.4, 0.5) is 0 Å². The highest BCUT2D eigenvalue weighted by Crippen LogP contribution is 2.39. The maximum atomic E-state index is 12.1. The van der Waals surface area contributed by atoms with Gasteiger partial charge < -0.3 is 0 Å². The average molecular weight is 244 g/mol. The maximum Gasteiger partial charge on any atom is 0.136 e. The summed E-state index contributed by atoms with van der Waals surface area (Å²) in [4.78, 5) is 12.1. The summed E-state index contributed by atoms with van der Waals surface area (Å²) < 4.78 is 0. The van der Waals surface area contributed by atoms with Crippen LogP contribution in [0.1, 0.15) is 51.5 Å². The van der Waals surface area contributed by atoms with Crippen molar-refractivity contribution in [2.75, 3.05) is 0 Å². The van der Waals surface area contributed by atoms with Crippen molar-refractivity contribution in [3.8, 4) is 0 Å². The molecule has 0 saturated heterocycles. The smallest absolute Gasteiger partial charge is 0.136 e. The Labute approximate surface area is 111 Å². The van der Waals surface area contributed by atoms with Crippen molar-refractivity contribution >= 4 is 5.78 Å². The number of hydrogen-bond acceptors (Lipinski definition) is 1. The fraction of sp³-hybridized carbons (Fsp3) is 0.588. The van der Waals surface area contributed by atoms with Gasteiger partial charge in [-0.2, -0.15) is 0 Å². The van der Waals surface area contributed by atoms with Gasteiger partial charge in [0.25, 0.3) is 0 Å². The molecule has 0 radical (unpaired) electrons. The molecule has 0 N–H and O–H groups in total. The van der Waals surface area contributed by atoms with Gasteiger partial charge in [-0.15, -0.1) is 0 Å². The van der Waals surface area contributed by atoms with E-state index in [1.807, 2.05) is 0 Å². The first-order valence-electron chi connectivity index (χ1n) is 7.16. The van der Waals surface area contributed by atoms with Crippen molar-refractivity contribution in [2.24, 2.45) is 11.3 Å². The average Bonchev–Trinajstić information content (AvgIpc) is 2.38. The molecule has 98 valence electrons. The SMILES string of the molecule is CC(C)(CCc1ccccc1)C1CCCCC1=O. The minimum atomic E-state index is 0.146. The number of hydrogen-bond donors (Lipinski definition) is 0. The lowest BCUT2D eigenvalue weighted by atomic mass is 9.68. The van der Waals surface area contributed by atoms with Gasteiger partial charge in [0, 0.05) is 12.3 Å². The zero-order chi connectivity index (χ0) is 13.0. The number of aryl methyl sites for hydroxylation is 1. The van der Waals surface area contributed by atoms with Gasteiger partial charge in [0.15, 0.2) is 0 Å². The number of Topliss-reactive ketones (excluding diaryl/α,β-unsaturated/α-hetero) is 1. The molecule has 1 fully saturated rings. The van der Waals surface area contributed by atoms with Crippen molar-refractivity contribution in [1.29, 1.82) is 0 Å². The summed E-state index contributed by atoms with van der Waals surface area (Å²) in [6, 6.07) is 10.6. The molecule has 1 aliphatic carbocycles. The highest BCUT2D eigenvalue weighted by Gasteiger charge is 2.35. The maximum absolute atomic E-state index is 12.1. The van der Waals surface area contributed by atoms with Crippen LogP contribution < -0.4 is 0 Å². The number of ketones is 1. The van der Waals surface area contributed by atoms with Crippen LogP contribution in [0.3, 0.4) is 0 Å². The quantitative estimate of drug-likeness (QED) is 0.767. The number of carbonyl (C=O) groups excluding carboxylic acids is 1. The highest BCUT2D eigenvalue weighted by molar-refractivity contribution is 5.82. The largest absolute Gasteiger partial charge is 0.299 e. The Bertz CT molecular complexity index is 391. The lowest BCUT2D eigenvalue weighted by Crippen LogP contribution is -2.33. The van der Waals surface area contributed by atoms with Gasteiger partial charge in [0.1, 0.15) is 5.78 Å². The van der Waals surface area contributed by atoms with Crippen LogP contribution in [-0.4, -0.2) is 5.78 Å². The summed E-state index contributed by atoms with van der Waals surface area (Å²) in [7, 11) is 0. The second-order valence-electron chi connectivity index (χ2n) is 6.24. The van der Waals surface area contributed by atoms with E-state index in [4.69, 9.17) is 0 Å². The van der Waals surface area contributed by atoms with Crippen molar-refractivity contribution < 1.29 is 4.79 Å². The molecule has 0 aliphatic heterocycles. The van der Waals surface area contributed by atoms with Crippen molar-refractivity contribution in [3.63, 3.8) is 0 Å². The lowest BCUT2D eigenvalue weighted by molar-refractivity contribution is -0.128. The number of rotatable bonds is 4. The fourth-order valence-corrected chi connectivity index (χ4v) is 3.09. The summed E-state index contributed by atoms with van der Waals surface area (Å²) in [6.07, 6.45) is 6.42. The van der Waals surface area contributed by atoms with Gasteiger partial charge in [-0.05, 0) is 36.7 Å². The highest BCUT2D eigenvalue weighted by atomic mass is 16.1. The van der Waals surface area contributed by atoms with Gasteiger partial charge in [0.2, 0.25) is 0 Å². The third-order valence-corrected chi connectivity index (χ3v) is 4.40. The predicted octanol–water partition coefficient (Wildman–Crippen LogP) is 4.40. The van der Waals surface area contributed by atoms with E-state index < -0.39 is 0 Å². The molecule has 0 aromatic heterocycles. The van der Waals surface area contributed by atoms with E-state index >= 15 is 0 Å². The molecule has 2 rings (SSSR count). The van der Waals surface area contributed by atoms with E-state index in [1.165, 1.54) is 12.0 Å². The van der Waals surface area contributed by atoms with E-state index in [9.17, 15) is 4.79 Å². The molecular weight excluding hydrogens is 220 g/mol. The third-order valence-electron chi connectivity index (χ3n) is 4.40. The van der Waals surface area contributed by atoms with Gasteiger partial charge >= 0.3 is 0 Å². The van der Waals surface area contributed by atoms with E-state index in [0.717, 1.165) is 32.1 Å². The molecular formula is C17H24O. The Morgan fingerprint density at radius 2 is 1.89 bits per heavy atom. The Kier molecular flexibility index (Phi) is 4.21. The monoisotopic (exact) mass is 244 g/mol. The summed E-state index contributed by atoms with van der Waals surface area (Å²) >= 11 is 0. The summed E-state index contributed by atoms with van der Waals surface area (Å²) in [6.45, 7) is 4.54. The molecule has 1 unspecified atom stereocenters. The fourth-order valence-electron chi connectivity index (χ4n) is 3.09. The molecule has 0 bridgehead atoms. The molecule has 1 atom stereocenters. The normalized spacial score (nSPS) is 21.0. The van der Waals surface area contributed by atoms with Gasteiger partial charge in [0.05, 0.1) is 0 Å². The molecule has 0 amide bonds. The van der Waals surface area contributed by atoms with Crippen molar-refractivity contribution in [1.82, 2.24) is 0 Å². The molecule has 1 nitrogen and oxygen atoms in total. The molecule has 1 aliphatic rings. The van der Waals surface area contributed by atoms with E-state index in [-0.39, 0.29) is 11.3 Å². The third kappa shape index (κ3) is 3.22. The molecule has 18 heavy (non-hydrogen) atoms. The van der Waals surface area contributed by atoms with Crippen LogP contribution in [0, 0.1) is 11.3 Å². The van der Waals surface area contributed by atoms with Crippen LogP contribution in [0.5, 0.6) is 0 Å². The van der Waals surface area contributed by atoms with Crippen LogP contribution in [-0.2, 0) is 11.2 Å². The first kappa shape index (κ1) is 13.3. The van der Waals surface area contributed by atoms with Crippen LogP contribution >= 0.6 is 0 Å². The van der Waals surface area contributed by atoms with E-state index in [0.29, 0.717) is 5.78 Å². The lowest BCUT2D eigenvalue weighted by Gasteiger charge is -2.36. The Morgan fingerprint density at radius 1 is 1.17 bits per heavy atom. The second kappa shape index (κ2) is 5.69. The molecule has 1 heteroatoms. The Hall–Kier alpha value is -1.11. The minimum Gasteiger partial charge on any atom is -0.299 e. The zero-order valence-corrected chi connectivity index (χ0v) is 11.6. The van der Waals surface area contributed by atoms with Gasteiger partial charge in [-0.1, -0.05) is 50.6 Å². The molecule has 0 heterocycles. The standard InChI is InChI=1S/C17H24O/c1-17(2,15-10-6-7-11-16(15)18)13-12-14-8-4-3-5-9-14/h3-5,8-9,15H,6-7,10-13H2,1-2H3. The van der Waals surface area contributed by atoms with Gasteiger partial charge in [-0.3, -0.25) is 4.79 Å². The molecule has 1 aromatic carbocycles. The van der Waals surface area contributed by atoms with E-state index in [1.54, 1.807) is 0 Å². The topological polar surface area (TPSA) is 17.1 Å². The second-order valence-corrected chi connectivity index (χ2v) is 6.24. The van der Waals surface area contributed by atoms with Crippen molar-refractivity contribution in [3.05, 3.63) is 35.9 Å². The summed E-state index contributed by atoms with van der Waals surface area (Å²) in [5, 5.41) is 0. The minimum absolute atomic E-state index is 0.146. The van der Waals surface area contributed by atoms with Crippen LogP contribution in [0.2, 0.25) is 0 Å². The molecule has 0 spiro atoms. The molecule has 1 aromatic rings. The molecule has 1 saturated carbocycles. The van der Waals surface area contributed by atoms with Gasteiger partial charge in [-0.25, -0.2) is 0 Å². The summed E-state index contributed by atoms with van der Waals surface area (Å²) in [5.74, 6) is 0.786. The first-order valence-corrected chi connectivity index (χ1v) is 7.16. The predicted molar refractivity (Wildman–Crippen MR) is 75.5 cm³/mol. The van der Waals surface area contributed by atoms with Crippen LogP contribution in [0.15, 0.2) is 30.3 Å². The Balaban J connectivity index is 1.96. The summed E-state index contributed by atoms with van der Waals surface area (Å²) in [5.41, 5.74) is 1.53. The van der Waals surface area contributed by atoms with Crippen LogP contribution in [0.25, 0.3) is 0 Å². The number of benzene rings is 1. The first-order chi connectivity index (χ1) is 8.59. The number of carbonyl (C=O) groups is 1. The van der Waals surface area contributed by atoms with E-state index in [2.05, 4.69) is 44.2 Å². The zero-order valence-electron chi connectivity index (χ0n) is 11.6.